The highest BCUT2D eigenvalue weighted by molar-refractivity contribution is 9.10. The highest BCUT2D eigenvalue weighted by Crippen LogP contribution is 2.29. The standard InChI is InChI=1S/C11H11BrClNO/c12-9-5-4-8(7-10(9)13)14-6-2-1-3-11(14)15/h4-5,7H,1-3,6H2. The van der Waals surface area contributed by atoms with Gasteiger partial charge in [-0.2, -0.15) is 0 Å². The third kappa shape index (κ3) is 2.34. The average molecular weight is 289 g/mol. The van der Waals surface area contributed by atoms with Crippen molar-refractivity contribution in [1.82, 2.24) is 0 Å². The summed E-state index contributed by atoms with van der Waals surface area (Å²) in [5, 5.41) is 0.644. The van der Waals surface area contributed by atoms with E-state index in [0.29, 0.717) is 11.4 Å². The summed E-state index contributed by atoms with van der Waals surface area (Å²) < 4.78 is 0.859. The molecule has 0 bridgehead atoms. The second kappa shape index (κ2) is 4.54. The first-order valence-electron chi connectivity index (χ1n) is 4.94. The molecule has 0 aromatic heterocycles. The van der Waals surface area contributed by atoms with Gasteiger partial charge in [-0.3, -0.25) is 4.79 Å². The topological polar surface area (TPSA) is 20.3 Å². The molecule has 4 heteroatoms. The van der Waals surface area contributed by atoms with E-state index in [1.807, 2.05) is 23.1 Å². The summed E-state index contributed by atoms with van der Waals surface area (Å²) in [4.78, 5) is 13.5. The van der Waals surface area contributed by atoms with Gasteiger partial charge in [0.05, 0.1) is 5.02 Å². The molecule has 0 saturated carbocycles. The van der Waals surface area contributed by atoms with Crippen molar-refractivity contribution in [2.45, 2.75) is 19.3 Å². The van der Waals surface area contributed by atoms with Crippen LogP contribution in [0.5, 0.6) is 0 Å². The predicted octanol–water partition coefficient (Wildman–Crippen LogP) is 3.62. The molecule has 0 spiro atoms. The number of amides is 1. The number of halogens is 2. The highest BCUT2D eigenvalue weighted by Gasteiger charge is 2.19. The van der Waals surface area contributed by atoms with Crippen LogP contribution in [0.3, 0.4) is 0 Å². The van der Waals surface area contributed by atoms with E-state index in [2.05, 4.69) is 15.9 Å². The highest BCUT2D eigenvalue weighted by atomic mass is 79.9. The van der Waals surface area contributed by atoms with Crippen molar-refractivity contribution in [3.63, 3.8) is 0 Å². The molecule has 1 saturated heterocycles. The van der Waals surface area contributed by atoms with Crippen molar-refractivity contribution >= 4 is 39.1 Å². The molecule has 1 aliphatic heterocycles. The minimum atomic E-state index is 0.194. The van der Waals surface area contributed by atoms with Crippen LogP contribution in [-0.2, 0) is 4.79 Å². The fraction of sp³-hybridized carbons (Fsp3) is 0.364. The van der Waals surface area contributed by atoms with Gasteiger partial charge in [0.2, 0.25) is 5.91 Å². The zero-order valence-corrected chi connectivity index (χ0v) is 10.5. The van der Waals surface area contributed by atoms with E-state index in [9.17, 15) is 4.79 Å². The number of benzene rings is 1. The average Bonchev–Trinajstić information content (AvgIpc) is 2.23. The van der Waals surface area contributed by atoms with Crippen molar-refractivity contribution in [2.24, 2.45) is 0 Å². The number of piperidine rings is 1. The van der Waals surface area contributed by atoms with Gasteiger partial charge in [0, 0.05) is 23.1 Å². The lowest BCUT2D eigenvalue weighted by Crippen LogP contribution is -2.35. The van der Waals surface area contributed by atoms with Gasteiger partial charge in [0.1, 0.15) is 0 Å². The van der Waals surface area contributed by atoms with Crippen molar-refractivity contribution in [3.8, 4) is 0 Å². The minimum absolute atomic E-state index is 0.194. The Hall–Kier alpha value is -0.540. The number of hydrogen-bond donors (Lipinski definition) is 0. The van der Waals surface area contributed by atoms with Gasteiger partial charge in [-0.05, 0) is 47.0 Å². The quantitative estimate of drug-likeness (QED) is 0.773. The first kappa shape index (κ1) is 11.0. The Labute approximate surface area is 102 Å². The molecule has 0 atom stereocenters. The van der Waals surface area contributed by atoms with E-state index >= 15 is 0 Å². The Morgan fingerprint density at radius 1 is 1.33 bits per heavy atom. The van der Waals surface area contributed by atoms with Gasteiger partial charge in [0.15, 0.2) is 0 Å². The van der Waals surface area contributed by atoms with Crippen molar-refractivity contribution in [1.29, 1.82) is 0 Å². The van der Waals surface area contributed by atoms with Crippen LogP contribution < -0.4 is 4.90 Å². The number of rotatable bonds is 1. The summed E-state index contributed by atoms with van der Waals surface area (Å²) in [7, 11) is 0. The summed E-state index contributed by atoms with van der Waals surface area (Å²) >= 11 is 9.33. The first-order chi connectivity index (χ1) is 7.18. The van der Waals surface area contributed by atoms with Crippen LogP contribution in [-0.4, -0.2) is 12.5 Å². The van der Waals surface area contributed by atoms with Gasteiger partial charge in [-0.1, -0.05) is 11.6 Å². The third-order valence-corrected chi connectivity index (χ3v) is 3.77. The van der Waals surface area contributed by atoms with Crippen LogP contribution >= 0.6 is 27.5 Å². The zero-order chi connectivity index (χ0) is 10.8. The molecule has 80 valence electrons. The Morgan fingerprint density at radius 3 is 2.80 bits per heavy atom. The summed E-state index contributed by atoms with van der Waals surface area (Å²) in [6.45, 7) is 0.802. The van der Waals surface area contributed by atoms with Gasteiger partial charge < -0.3 is 4.90 Å². The molecule has 1 aromatic rings. The van der Waals surface area contributed by atoms with Gasteiger partial charge in [-0.25, -0.2) is 0 Å². The maximum Gasteiger partial charge on any atom is 0.226 e. The number of anilines is 1. The lowest BCUT2D eigenvalue weighted by molar-refractivity contribution is -0.119. The van der Waals surface area contributed by atoms with E-state index in [1.165, 1.54) is 0 Å². The Morgan fingerprint density at radius 2 is 2.13 bits per heavy atom. The molecule has 0 aliphatic carbocycles. The van der Waals surface area contributed by atoms with Crippen LogP contribution in [0.15, 0.2) is 22.7 Å². The molecule has 1 aliphatic rings. The molecule has 2 rings (SSSR count). The molecule has 15 heavy (non-hydrogen) atoms. The summed E-state index contributed by atoms with van der Waals surface area (Å²) in [5.41, 5.74) is 0.896. The molecule has 1 amide bonds. The molecule has 1 aromatic carbocycles. The predicted molar refractivity (Wildman–Crippen MR) is 65.4 cm³/mol. The largest absolute Gasteiger partial charge is 0.312 e. The SMILES string of the molecule is O=C1CCCCN1c1ccc(Br)c(Cl)c1. The summed E-state index contributed by atoms with van der Waals surface area (Å²) in [6, 6.07) is 5.62. The van der Waals surface area contributed by atoms with Crippen molar-refractivity contribution < 1.29 is 4.79 Å². The van der Waals surface area contributed by atoms with Crippen molar-refractivity contribution in [3.05, 3.63) is 27.7 Å². The smallest absolute Gasteiger partial charge is 0.226 e. The van der Waals surface area contributed by atoms with Crippen molar-refractivity contribution in [2.75, 3.05) is 11.4 Å². The monoisotopic (exact) mass is 287 g/mol. The molecule has 0 radical (unpaired) electrons. The number of carbonyl (C=O) groups is 1. The molecule has 0 unspecified atom stereocenters. The van der Waals surface area contributed by atoms with Gasteiger partial charge in [-0.15, -0.1) is 0 Å². The maximum atomic E-state index is 11.7. The summed E-state index contributed by atoms with van der Waals surface area (Å²) in [6.07, 6.45) is 2.71. The summed E-state index contributed by atoms with van der Waals surface area (Å²) in [5.74, 6) is 0.194. The number of hydrogen-bond acceptors (Lipinski definition) is 1. The maximum absolute atomic E-state index is 11.7. The van der Waals surface area contributed by atoms with E-state index in [0.717, 1.165) is 29.5 Å². The van der Waals surface area contributed by atoms with Crippen LogP contribution in [0.25, 0.3) is 0 Å². The molecular formula is C11H11BrClNO. The molecular weight excluding hydrogens is 277 g/mol. The Balaban J connectivity index is 2.28. The first-order valence-corrected chi connectivity index (χ1v) is 6.11. The second-order valence-corrected chi connectivity index (χ2v) is 4.86. The molecule has 1 fully saturated rings. The van der Waals surface area contributed by atoms with E-state index in [-0.39, 0.29) is 5.91 Å². The van der Waals surface area contributed by atoms with Crippen LogP contribution in [0.1, 0.15) is 19.3 Å². The zero-order valence-electron chi connectivity index (χ0n) is 8.17. The van der Waals surface area contributed by atoms with Gasteiger partial charge >= 0.3 is 0 Å². The fourth-order valence-electron chi connectivity index (χ4n) is 1.73. The lowest BCUT2D eigenvalue weighted by atomic mass is 10.1. The Kier molecular flexibility index (Phi) is 3.32. The van der Waals surface area contributed by atoms with Crippen LogP contribution in [0.2, 0.25) is 5.02 Å². The Bertz CT molecular complexity index is 394. The number of carbonyl (C=O) groups excluding carboxylic acids is 1. The molecule has 0 N–H and O–H groups in total. The second-order valence-electron chi connectivity index (χ2n) is 3.60. The van der Waals surface area contributed by atoms with Gasteiger partial charge in [0.25, 0.3) is 0 Å². The van der Waals surface area contributed by atoms with E-state index in [4.69, 9.17) is 11.6 Å². The minimum Gasteiger partial charge on any atom is -0.312 e. The van der Waals surface area contributed by atoms with E-state index < -0.39 is 0 Å². The van der Waals surface area contributed by atoms with Crippen LogP contribution in [0, 0.1) is 0 Å². The molecule has 2 nitrogen and oxygen atoms in total. The van der Waals surface area contributed by atoms with Crippen LogP contribution in [0.4, 0.5) is 5.69 Å². The fourth-order valence-corrected chi connectivity index (χ4v) is 2.15. The number of nitrogens with zero attached hydrogens (tertiary/aromatic N) is 1. The normalized spacial score (nSPS) is 16.9. The lowest BCUT2D eigenvalue weighted by Gasteiger charge is -2.27. The molecule has 1 heterocycles. The third-order valence-electron chi connectivity index (χ3n) is 2.54. The van der Waals surface area contributed by atoms with E-state index in [1.54, 1.807) is 0 Å².